The van der Waals surface area contributed by atoms with Crippen LogP contribution in [-0.4, -0.2) is 12.6 Å². The van der Waals surface area contributed by atoms with Gasteiger partial charge in [0.25, 0.3) is 0 Å². The first-order valence-electron chi connectivity index (χ1n) is 6.07. The van der Waals surface area contributed by atoms with Crippen molar-refractivity contribution >= 4 is 5.97 Å². The maximum Gasteiger partial charge on any atom is 0.389 e. The number of hydrogen-bond donors (Lipinski definition) is 0. The van der Waals surface area contributed by atoms with Crippen molar-refractivity contribution in [1.29, 1.82) is 0 Å². The Morgan fingerprint density at radius 2 is 1.50 bits per heavy atom. The van der Waals surface area contributed by atoms with Crippen molar-refractivity contribution in [3.63, 3.8) is 0 Å². The fraction of sp³-hybridized carbons (Fsp3) is 0.917. The van der Waals surface area contributed by atoms with Crippen molar-refractivity contribution in [3.8, 4) is 0 Å². The quantitative estimate of drug-likeness (QED) is 0.682. The molecule has 4 aliphatic carbocycles. The highest BCUT2D eigenvalue weighted by Crippen LogP contribution is 2.60. The molecule has 0 aromatic carbocycles. The average molecular weight is 230 g/mol. The van der Waals surface area contributed by atoms with Gasteiger partial charge in [-0.3, -0.25) is 4.79 Å². The summed E-state index contributed by atoms with van der Waals surface area (Å²) in [7, 11) is 0. The van der Waals surface area contributed by atoms with E-state index in [0.29, 0.717) is 17.8 Å². The Hall–Kier alpha value is -0.670. The molecule has 4 fully saturated rings. The monoisotopic (exact) mass is 230 g/mol. The normalized spacial score (nSPS) is 45.1. The Labute approximate surface area is 93.3 Å². The molecule has 0 aliphatic heterocycles. The van der Waals surface area contributed by atoms with E-state index in [1.165, 1.54) is 19.3 Å². The minimum absolute atomic E-state index is 0.550. The molecule has 0 amide bonds. The summed E-state index contributed by atoms with van der Waals surface area (Å²) in [4.78, 5) is 11.8. The molecule has 4 saturated carbocycles. The Bertz CT molecular complexity index is 279. The number of carbonyl (C=O) groups excluding carboxylic acids is 1. The molecule has 0 saturated heterocycles. The van der Waals surface area contributed by atoms with Crippen molar-refractivity contribution < 1.29 is 18.3 Å². The van der Waals surface area contributed by atoms with Gasteiger partial charge in [-0.05, 0) is 56.3 Å². The van der Waals surface area contributed by atoms with Gasteiger partial charge in [0.1, 0.15) is 0 Å². The van der Waals surface area contributed by atoms with Gasteiger partial charge in [0.15, 0.2) is 0 Å². The van der Waals surface area contributed by atoms with E-state index in [2.05, 4.69) is 4.74 Å². The lowest BCUT2D eigenvalue weighted by molar-refractivity contribution is -0.201. The predicted octanol–water partition coefficient (Wildman–Crippen LogP) is 2.97. The molecule has 0 aromatic rings. The minimum atomic E-state index is -2.96. The highest BCUT2D eigenvalue weighted by Gasteiger charge is 2.55. The molecule has 0 unspecified atom stereocenters. The summed E-state index contributed by atoms with van der Waals surface area (Å²) in [5.74, 6) is 1.10. The standard InChI is InChI=1S/C12H16F2O2/c13-11(14)16-10(15)12-4-7-1-8(5-12)3-9(2-7)6-12/h7-9,11H,1-6H2. The Balaban J connectivity index is 1.80. The molecule has 2 nitrogen and oxygen atoms in total. The van der Waals surface area contributed by atoms with E-state index in [9.17, 15) is 13.6 Å². The molecule has 0 aromatic heterocycles. The zero-order valence-electron chi connectivity index (χ0n) is 9.12. The molecule has 4 bridgehead atoms. The van der Waals surface area contributed by atoms with Crippen LogP contribution < -0.4 is 0 Å². The lowest BCUT2D eigenvalue weighted by Crippen LogP contribution is -2.50. The van der Waals surface area contributed by atoms with Gasteiger partial charge in [-0.25, -0.2) is 0 Å². The third kappa shape index (κ3) is 1.54. The lowest BCUT2D eigenvalue weighted by Gasteiger charge is -2.55. The predicted molar refractivity (Wildman–Crippen MR) is 52.7 cm³/mol. The second-order valence-electron chi connectivity index (χ2n) is 5.86. The summed E-state index contributed by atoms with van der Waals surface area (Å²) >= 11 is 0. The molecule has 0 N–H and O–H groups in total. The van der Waals surface area contributed by atoms with E-state index in [-0.39, 0.29) is 0 Å². The molecule has 90 valence electrons. The number of ether oxygens (including phenoxy) is 1. The van der Waals surface area contributed by atoms with Crippen LogP contribution in [0.2, 0.25) is 0 Å². The summed E-state index contributed by atoms with van der Waals surface area (Å²) in [5.41, 5.74) is -0.550. The van der Waals surface area contributed by atoms with Crippen LogP contribution in [0.15, 0.2) is 0 Å². The largest absolute Gasteiger partial charge is 0.403 e. The third-order valence-corrected chi connectivity index (χ3v) is 4.67. The van der Waals surface area contributed by atoms with Gasteiger partial charge in [0, 0.05) is 0 Å². The average Bonchev–Trinajstić information content (AvgIpc) is 2.13. The molecule has 16 heavy (non-hydrogen) atoms. The number of alkyl halides is 2. The van der Waals surface area contributed by atoms with Gasteiger partial charge < -0.3 is 4.74 Å². The van der Waals surface area contributed by atoms with Crippen LogP contribution in [-0.2, 0) is 9.53 Å². The van der Waals surface area contributed by atoms with Gasteiger partial charge in [-0.1, -0.05) is 0 Å². The highest BCUT2D eigenvalue weighted by molar-refractivity contribution is 5.77. The SMILES string of the molecule is O=C(OC(F)F)C12CC3CC(CC(C3)C1)C2. The Kier molecular flexibility index (Phi) is 2.23. The van der Waals surface area contributed by atoms with E-state index in [1.54, 1.807) is 0 Å². The maximum absolute atomic E-state index is 12.1. The lowest BCUT2D eigenvalue weighted by atomic mass is 9.49. The molecule has 0 heterocycles. The summed E-state index contributed by atoms with van der Waals surface area (Å²) in [6, 6.07) is 0. The van der Waals surface area contributed by atoms with Crippen molar-refractivity contribution in [2.75, 3.05) is 0 Å². The zero-order chi connectivity index (χ0) is 11.3. The van der Waals surface area contributed by atoms with Gasteiger partial charge >= 0.3 is 12.6 Å². The molecule has 4 heteroatoms. The van der Waals surface area contributed by atoms with Crippen molar-refractivity contribution in [1.82, 2.24) is 0 Å². The fourth-order valence-corrected chi connectivity index (χ4v) is 4.57. The molecule has 0 radical (unpaired) electrons. The van der Waals surface area contributed by atoms with E-state index in [0.717, 1.165) is 19.3 Å². The van der Waals surface area contributed by atoms with E-state index >= 15 is 0 Å². The number of rotatable bonds is 2. The maximum atomic E-state index is 12.1. The van der Waals surface area contributed by atoms with Crippen LogP contribution in [0.5, 0.6) is 0 Å². The van der Waals surface area contributed by atoms with Crippen LogP contribution in [0.1, 0.15) is 38.5 Å². The van der Waals surface area contributed by atoms with E-state index in [4.69, 9.17) is 0 Å². The van der Waals surface area contributed by atoms with Gasteiger partial charge in [0.05, 0.1) is 5.41 Å². The number of halogens is 2. The Morgan fingerprint density at radius 1 is 1.06 bits per heavy atom. The van der Waals surface area contributed by atoms with Crippen LogP contribution in [0.4, 0.5) is 8.78 Å². The molecule has 4 aliphatic rings. The first-order chi connectivity index (χ1) is 7.57. The fourth-order valence-electron chi connectivity index (χ4n) is 4.57. The minimum Gasteiger partial charge on any atom is -0.403 e. The van der Waals surface area contributed by atoms with Gasteiger partial charge in [0.2, 0.25) is 0 Å². The van der Waals surface area contributed by atoms with Crippen molar-refractivity contribution in [2.24, 2.45) is 23.2 Å². The second kappa shape index (κ2) is 3.41. The summed E-state index contributed by atoms with van der Waals surface area (Å²) in [6.45, 7) is -2.96. The van der Waals surface area contributed by atoms with E-state index in [1.807, 2.05) is 0 Å². The summed E-state index contributed by atoms with van der Waals surface area (Å²) in [6.07, 6.45) is 5.93. The Morgan fingerprint density at radius 3 is 1.88 bits per heavy atom. The molecular formula is C12H16F2O2. The second-order valence-corrected chi connectivity index (χ2v) is 5.86. The van der Waals surface area contributed by atoms with Gasteiger partial charge in [-0.2, -0.15) is 8.78 Å². The number of hydrogen-bond acceptors (Lipinski definition) is 2. The first-order valence-corrected chi connectivity index (χ1v) is 6.07. The zero-order valence-corrected chi connectivity index (χ0v) is 9.12. The molecule has 0 spiro atoms. The van der Waals surface area contributed by atoms with Crippen LogP contribution in [0, 0.1) is 23.2 Å². The summed E-state index contributed by atoms with van der Waals surface area (Å²) < 4.78 is 28.4. The molecule has 0 atom stereocenters. The summed E-state index contributed by atoms with van der Waals surface area (Å²) in [5, 5.41) is 0. The molecular weight excluding hydrogens is 214 g/mol. The van der Waals surface area contributed by atoms with Crippen molar-refractivity contribution in [3.05, 3.63) is 0 Å². The smallest absolute Gasteiger partial charge is 0.389 e. The van der Waals surface area contributed by atoms with Gasteiger partial charge in [-0.15, -0.1) is 0 Å². The first kappa shape index (κ1) is 10.5. The van der Waals surface area contributed by atoms with Crippen LogP contribution >= 0.6 is 0 Å². The highest BCUT2D eigenvalue weighted by atomic mass is 19.3. The number of esters is 1. The van der Waals surface area contributed by atoms with Crippen LogP contribution in [0.25, 0.3) is 0 Å². The number of carbonyl (C=O) groups is 1. The van der Waals surface area contributed by atoms with Crippen molar-refractivity contribution in [2.45, 2.75) is 45.1 Å². The van der Waals surface area contributed by atoms with Crippen LogP contribution in [0.3, 0.4) is 0 Å². The third-order valence-electron chi connectivity index (χ3n) is 4.67. The van der Waals surface area contributed by atoms with E-state index < -0.39 is 18.0 Å². The topological polar surface area (TPSA) is 26.3 Å². The molecule has 4 rings (SSSR count).